The number of hydrogen-bond acceptors (Lipinski definition) is 2. The van der Waals surface area contributed by atoms with Gasteiger partial charge in [-0.3, -0.25) is 0 Å². The molecule has 0 atom stereocenters. The maximum Gasteiger partial charge on any atom is 0.197 e. The summed E-state index contributed by atoms with van der Waals surface area (Å²) in [6, 6.07) is 5.62. The molecule has 2 aromatic rings. The number of hydrogen-bond donors (Lipinski definition) is 0. The number of halogens is 4. The molecule has 0 saturated carbocycles. The Hall–Kier alpha value is -0.710. The Morgan fingerprint density at radius 2 is 1.76 bits per heavy atom. The van der Waals surface area contributed by atoms with E-state index in [2.05, 4.69) is 25.9 Å². The average Bonchev–Trinajstić information content (AvgIpc) is 2.25. The van der Waals surface area contributed by atoms with Gasteiger partial charge in [-0.25, -0.2) is 14.4 Å². The Morgan fingerprint density at radius 3 is 2.29 bits per heavy atom. The maximum absolute atomic E-state index is 13.2. The van der Waals surface area contributed by atoms with Crippen LogP contribution in [0.4, 0.5) is 4.39 Å². The van der Waals surface area contributed by atoms with Crippen molar-refractivity contribution in [3.8, 4) is 11.4 Å². The highest BCUT2D eigenvalue weighted by Crippen LogP contribution is 2.29. The van der Waals surface area contributed by atoms with Crippen molar-refractivity contribution in [2.45, 2.75) is 6.92 Å². The zero-order valence-corrected chi connectivity index (χ0v) is 11.7. The van der Waals surface area contributed by atoms with E-state index in [-0.39, 0.29) is 16.1 Å². The number of aryl methyl sites for hydroxylation is 1. The average molecular weight is 336 g/mol. The molecule has 0 aliphatic rings. The number of aromatic nitrogens is 2. The van der Waals surface area contributed by atoms with E-state index in [0.29, 0.717) is 5.56 Å². The molecule has 2 nitrogen and oxygen atoms in total. The van der Waals surface area contributed by atoms with Crippen molar-refractivity contribution in [2.75, 3.05) is 0 Å². The molecule has 0 N–H and O–H groups in total. The standard InChI is InChI=1S/C11H6BrCl2FN2/c1-5-2-3-6(7(12)4-5)11-16-9(13)8(15)10(14)17-11/h2-4H,1H3. The highest BCUT2D eigenvalue weighted by atomic mass is 79.9. The molecule has 0 saturated heterocycles. The second-order valence-electron chi connectivity index (χ2n) is 3.43. The smallest absolute Gasteiger partial charge is 0.197 e. The summed E-state index contributed by atoms with van der Waals surface area (Å²) >= 11 is 14.6. The van der Waals surface area contributed by atoms with Crippen molar-refractivity contribution in [2.24, 2.45) is 0 Å². The van der Waals surface area contributed by atoms with Crippen molar-refractivity contribution in [1.29, 1.82) is 0 Å². The summed E-state index contributed by atoms with van der Waals surface area (Å²) in [6.07, 6.45) is 0. The largest absolute Gasteiger partial charge is 0.213 e. The van der Waals surface area contributed by atoms with Gasteiger partial charge in [0, 0.05) is 10.0 Å². The Bertz CT molecular complexity index is 567. The molecule has 6 heteroatoms. The van der Waals surface area contributed by atoms with Crippen LogP contribution in [0.25, 0.3) is 11.4 Å². The van der Waals surface area contributed by atoms with Crippen molar-refractivity contribution in [3.63, 3.8) is 0 Å². The van der Waals surface area contributed by atoms with Crippen LogP contribution < -0.4 is 0 Å². The van der Waals surface area contributed by atoms with Gasteiger partial charge in [0.15, 0.2) is 21.9 Å². The van der Waals surface area contributed by atoms with E-state index in [9.17, 15) is 4.39 Å². The van der Waals surface area contributed by atoms with Crippen molar-refractivity contribution < 1.29 is 4.39 Å². The lowest BCUT2D eigenvalue weighted by atomic mass is 10.1. The fourth-order valence-corrected chi connectivity index (χ4v) is 2.37. The normalized spacial score (nSPS) is 10.6. The molecule has 17 heavy (non-hydrogen) atoms. The Balaban J connectivity index is 2.61. The van der Waals surface area contributed by atoms with Gasteiger partial charge in [-0.05, 0) is 24.6 Å². The van der Waals surface area contributed by atoms with Crippen LogP contribution in [0, 0.1) is 12.7 Å². The van der Waals surface area contributed by atoms with Gasteiger partial charge in [-0.1, -0.05) is 45.2 Å². The lowest BCUT2D eigenvalue weighted by Gasteiger charge is -2.05. The molecule has 1 aromatic heterocycles. The van der Waals surface area contributed by atoms with E-state index in [4.69, 9.17) is 23.2 Å². The zero-order valence-electron chi connectivity index (χ0n) is 8.64. The lowest BCUT2D eigenvalue weighted by molar-refractivity contribution is 0.615. The summed E-state index contributed by atoms with van der Waals surface area (Å²) in [6.45, 7) is 1.96. The summed E-state index contributed by atoms with van der Waals surface area (Å²) in [5, 5.41) is -0.569. The van der Waals surface area contributed by atoms with Crippen molar-refractivity contribution in [1.82, 2.24) is 9.97 Å². The van der Waals surface area contributed by atoms with Crippen LogP contribution in [0.5, 0.6) is 0 Å². The van der Waals surface area contributed by atoms with Crippen LogP contribution >= 0.6 is 39.1 Å². The second-order valence-corrected chi connectivity index (χ2v) is 5.00. The molecule has 0 amide bonds. The molecule has 0 aliphatic heterocycles. The van der Waals surface area contributed by atoms with E-state index in [1.165, 1.54) is 0 Å². The van der Waals surface area contributed by atoms with Gasteiger partial charge < -0.3 is 0 Å². The minimum absolute atomic E-state index is 0.285. The van der Waals surface area contributed by atoms with Crippen LogP contribution in [0.3, 0.4) is 0 Å². The van der Waals surface area contributed by atoms with E-state index >= 15 is 0 Å². The molecular formula is C11H6BrCl2FN2. The topological polar surface area (TPSA) is 25.8 Å². The van der Waals surface area contributed by atoms with Crippen LogP contribution in [-0.4, -0.2) is 9.97 Å². The van der Waals surface area contributed by atoms with E-state index < -0.39 is 5.82 Å². The summed E-state index contributed by atoms with van der Waals surface area (Å²) < 4.78 is 14.0. The molecule has 2 rings (SSSR count). The van der Waals surface area contributed by atoms with Crippen LogP contribution in [-0.2, 0) is 0 Å². The quantitative estimate of drug-likeness (QED) is 0.708. The van der Waals surface area contributed by atoms with Gasteiger partial charge in [0.05, 0.1) is 0 Å². The van der Waals surface area contributed by atoms with Gasteiger partial charge in [0.1, 0.15) is 0 Å². The molecule has 1 heterocycles. The molecule has 0 spiro atoms. The van der Waals surface area contributed by atoms with Crippen molar-refractivity contribution in [3.05, 3.63) is 44.4 Å². The minimum Gasteiger partial charge on any atom is -0.213 e. The van der Waals surface area contributed by atoms with Crippen LogP contribution in [0.15, 0.2) is 22.7 Å². The fraction of sp³-hybridized carbons (Fsp3) is 0.0909. The summed E-state index contributed by atoms with van der Waals surface area (Å²) in [5.41, 5.74) is 1.79. The first-order chi connectivity index (χ1) is 7.99. The molecule has 1 aromatic carbocycles. The van der Waals surface area contributed by atoms with Gasteiger partial charge >= 0.3 is 0 Å². The third-order valence-electron chi connectivity index (χ3n) is 2.14. The number of benzene rings is 1. The van der Waals surface area contributed by atoms with E-state index in [1.807, 2.05) is 25.1 Å². The number of nitrogens with zero attached hydrogens (tertiary/aromatic N) is 2. The predicted molar refractivity (Wildman–Crippen MR) is 69.9 cm³/mol. The fourth-order valence-electron chi connectivity index (χ4n) is 1.32. The predicted octanol–water partition coefficient (Wildman–Crippen LogP) is 4.66. The minimum atomic E-state index is -0.805. The Morgan fingerprint density at radius 1 is 1.18 bits per heavy atom. The SMILES string of the molecule is Cc1ccc(-c2nc(Cl)c(F)c(Cl)n2)c(Br)c1. The monoisotopic (exact) mass is 334 g/mol. The third kappa shape index (κ3) is 2.59. The third-order valence-corrected chi connectivity index (χ3v) is 3.29. The molecule has 88 valence electrons. The summed E-state index contributed by atoms with van der Waals surface area (Å²) in [4.78, 5) is 7.72. The first kappa shape index (κ1) is 12.7. The molecule has 0 bridgehead atoms. The number of rotatable bonds is 1. The molecular weight excluding hydrogens is 330 g/mol. The summed E-state index contributed by atoms with van der Waals surface area (Å²) in [7, 11) is 0. The lowest BCUT2D eigenvalue weighted by Crippen LogP contribution is -1.95. The molecule has 0 aliphatic carbocycles. The Labute approximate surface area is 116 Å². The molecule has 0 fully saturated rings. The van der Waals surface area contributed by atoms with E-state index in [0.717, 1.165) is 10.0 Å². The molecule has 0 unspecified atom stereocenters. The first-order valence-electron chi connectivity index (χ1n) is 4.64. The Kier molecular flexibility index (Phi) is 3.66. The highest BCUT2D eigenvalue weighted by molar-refractivity contribution is 9.10. The van der Waals surface area contributed by atoms with Crippen LogP contribution in [0.1, 0.15) is 5.56 Å². The van der Waals surface area contributed by atoms with E-state index in [1.54, 1.807) is 0 Å². The zero-order chi connectivity index (χ0) is 12.6. The maximum atomic E-state index is 13.2. The van der Waals surface area contributed by atoms with Gasteiger partial charge in [0.2, 0.25) is 0 Å². The first-order valence-corrected chi connectivity index (χ1v) is 6.19. The van der Waals surface area contributed by atoms with Crippen molar-refractivity contribution >= 4 is 39.1 Å². The van der Waals surface area contributed by atoms with Gasteiger partial charge in [0.25, 0.3) is 0 Å². The van der Waals surface area contributed by atoms with Gasteiger partial charge in [-0.2, -0.15) is 0 Å². The van der Waals surface area contributed by atoms with Crippen LogP contribution in [0.2, 0.25) is 10.3 Å². The van der Waals surface area contributed by atoms with Gasteiger partial charge in [-0.15, -0.1) is 0 Å². The second kappa shape index (κ2) is 4.88. The highest BCUT2D eigenvalue weighted by Gasteiger charge is 2.14. The molecule has 0 radical (unpaired) electrons. The summed E-state index contributed by atoms with van der Waals surface area (Å²) in [5.74, 6) is -0.520.